The molecule has 5 aromatic rings. The molecule has 5 amide bonds. The number of esters is 2. The molecule has 0 aromatic heterocycles. The number of alkyl carbamates (subject to hydrolysis) is 2. The van der Waals surface area contributed by atoms with Crippen LogP contribution >= 0.6 is 7.60 Å². The Morgan fingerprint density at radius 2 is 0.790 bits per heavy atom. The first-order valence-corrected chi connectivity index (χ1v) is 28.8. The molecular weight excluding hydrogens is 1060 g/mol. The summed E-state index contributed by atoms with van der Waals surface area (Å²) in [7, 11) is -4.71. The van der Waals surface area contributed by atoms with Crippen molar-refractivity contribution in [2.45, 2.75) is 110 Å². The molecule has 0 aliphatic carbocycles. The molecule has 5 rings (SSSR count). The van der Waals surface area contributed by atoms with Crippen LogP contribution < -0.4 is 26.6 Å². The number of amides is 5. The first-order chi connectivity index (χ1) is 39.0. The highest BCUT2D eigenvalue weighted by atomic mass is 31.2. The molecule has 5 N–H and O–H groups in total. The van der Waals surface area contributed by atoms with Gasteiger partial charge in [0.05, 0.1) is 25.3 Å². The topological polar surface area (TPSA) is 252 Å². The van der Waals surface area contributed by atoms with Gasteiger partial charge in [-0.25, -0.2) is 19.2 Å². The molecule has 0 radical (unpaired) electrons. The lowest BCUT2D eigenvalue weighted by Crippen LogP contribution is -2.57. The highest BCUT2D eigenvalue weighted by Crippen LogP contribution is 2.54. The maximum absolute atomic E-state index is 15.4. The van der Waals surface area contributed by atoms with Crippen LogP contribution in [0.2, 0.25) is 0 Å². The molecular formula is C61H76N5O14P. The zero-order chi connectivity index (χ0) is 58.6. The molecule has 5 atom stereocenters. The average molecular weight is 1130 g/mol. The molecule has 1 unspecified atom stereocenters. The highest BCUT2D eigenvalue weighted by Gasteiger charge is 2.50. The van der Waals surface area contributed by atoms with E-state index in [0.717, 1.165) is 11.1 Å². The maximum atomic E-state index is 15.4. The van der Waals surface area contributed by atoms with Crippen molar-refractivity contribution in [3.8, 4) is 0 Å². The summed E-state index contributed by atoms with van der Waals surface area (Å²) in [5.74, 6) is -8.99. The molecule has 19 nitrogen and oxygen atoms in total. The molecule has 5 aromatic carbocycles. The van der Waals surface area contributed by atoms with Crippen molar-refractivity contribution in [2.24, 2.45) is 17.8 Å². The monoisotopic (exact) mass is 1130 g/mol. The molecule has 434 valence electrons. The zero-order valence-electron chi connectivity index (χ0n) is 46.8. The summed E-state index contributed by atoms with van der Waals surface area (Å²) in [5, 5.41) is 13.6. The number of benzene rings is 5. The van der Waals surface area contributed by atoms with E-state index in [1.165, 1.54) is 26.0 Å². The smallest absolute Gasteiger partial charge is 0.408 e. The van der Waals surface area contributed by atoms with Crippen LogP contribution in [0.15, 0.2) is 152 Å². The quantitative estimate of drug-likeness (QED) is 0.0117. The van der Waals surface area contributed by atoms with Crippen LogP contribution in [0, 0.1) is 17.8 Å². The number of nitrogens with one attached hydrogen (secondary N) is 5. The second-order valence-corrected chi connectivity index (χ2v) is 22.1. The number of carbonyl (C=O) groups is 7. The predicted molar refractivity (Wildman–Crippen MR) is 304 cm³/mol. The minimum absolute atomic E-state index is 0.0309. The van der Waals surface area contributed by atoms with Gasteiger partial charge < -0.3 is 54.6 Å². The van der Waals surface area contributed by atoms with Gasteiger partial charge in [0, 0.05) is 5.56 Å². The summed E-state index contributed by atoms with van der Waals surface area (Å²) in [6.07, 6.45) is -1.31. The van der Waals surface area contributed by atoms with Gasteiger partial charge in [-0.3, -0.25) is 18.9 Å². The SMILES string of the molecule is CCOP(=O)(OCC)C(NC(=O)c1ccccc1)C(C(=O)N[C@H](COC(=O)[C@H](CC(C)C)NC(=O)OCc1ccccc1)Cc1ccccc1)C(=O)N[C@H](COC(=O)[C@H](CC(C)C)NC(=O)OCc1ccccc1)Cc1ccccc1. The highest BCUT2D eigenvalue weighted by molar-refractivity contribution is 7.54. The minimum Gasteiger partial charge on any atom is -0.462 e. The van der Waals surface area contributed by atoms with E-state index in [1.54, 1.807) is 127 Å². The van der Waals surface area contributed by atoms with Gasteiger partial charge in [0.15, 0.2) is 5.78 Å². The van der Waals surface area contributed by atoms with Crippen molar-refractivity contribution in [2.75, 3.05) is 26.4 Å². The third kappa shape index (κ3) is 22.3. The number of hydrogen-bond acceptors (Lipinski definition) is 14. The van der Waals surface area contributed by atoms with E-state index in [2.05, 4.69) is 26.6 Å². The van der Waals surface area contributed by atoms with Gasteiger partial charge in [0.1, 0.15) is 44.4 Å². The van der Waals surface area contributed by atoms with Gasteiger partial charge in [-0.15, -0.1) is 0 Å². The first-order valence-electron chi connectivity index (χ1n) is 27.2. The Hall–Kier alpha value is -7.86. The van der Waals surface area contributed by atoms with Crippen molar-refractivity contribution >= 4 is 49.4 Å². The Balaban J connectivity index is 1.50. The summed E-state index contributed by atoms with van der Waals surface area (Å²) in [6, 6.07) is 39.1. The van der Waals surface area contributed by atoms with Crippen LogP contribution in [0.4, 0.5) is 9.59 Å². The van der Waals surface area contributed by atoms with Gasteiger partial charge in [-0.2, -0.15) is 0 Å². The van der Waals surface area contributed by atoms with Crippen molar-refractivity contribution in [3.05, 3.63) is 179 Å². The predicted octanol–water partition coefficient (Wildman–Crippen LogP) is 8.85. The molecule has 0 saturated carbocycles. The lowest BCUT2D eigenvalue weighted by Gasteiger charge is -2.33. The summed E-state index contributed by atoms with van der Waals surface area (Å²) in [5.41, 5.74) is 2.92. The molecule has 0 aliphatic heterocycles. The van der Waals surface area contributed by atoms with Crippen molar-refractivity contribution < 1.29 is 66.1 Å². The van der Waals surface area contributed by atoms with Crippen LogP contribution in [-0.4, -0.2) is 98.2 Å². The number of rotatable bonds is 32. The molecule has 0 fully saturated rings. The average Bonchev–Trinajstić information content (AvgIpc) is 3.47. The number of hydrogen-bond donors (Lipinski definition) is 5. The molecule has 0 saturated heterocycles. The fraction of sp³-hybridized carbons (Fsp3) is 0.393. The van der Waals surface area contributed by atoms with E-state index < -0.39 is 98.5 Å². The second kappa shape index (κ2) is 33.7. The zero-order valence-corrected chi connectivity index (χ0v) is 47.7. The summed E-state index contributed by atoms with van der Waals surface area (Å²) in [4.78, 5) is 99.0. The number of carbonyl (C=O) groups excluding carboxylic acids is 7. The van der Waals surface area contributed by atoms with Gasteiger partial charge in [0.25, 0.3) is 5.91 Å². The fourth-order valence-electron chi connectivity index (χ4n) is 8.55. The van der Waals surface area contributed by atoms with Gasteiger partial charge >= 0.3 is 31.7 Å². The number of ether oxygens (including phenoxy) is 4. The summed E-state index contributed by atoms with van der Waals surface area (Å²) >= 11 is 0. The fourth-order valence-corrected chi connectivity index (χ4v) is 10.6. The Bertz CT molecular complexity index is 2640. The molecule has 0 aliphatic rings. The minimum atomic E-state index is -4.71. The Morgan fingerprint density at radius 3 is 1.14 bits per heavy atom. The Kier molecular flexibility index (Phi) is 26.6. The Labute approximate surface area is 474 Å². The van der Waals surface area contributed by atoms with Crippen LogP contribution in [0.3, 0.4) is 0 Å². The first kappa shape index (κ1) is 64.0. The molecule has 0 spiro atoms. The van der Waals surface area contributed by atoms with Gasteiger partial charge in [-0.1, -0.05) is 167 Å². The standard InChI is InChI=1S/C61H76N5O14P/c1-7-79-81(74,80-8-2)57(66-54(67)48-32-22-13-23-33-48)53(55(68)62-49(36-44-24-14-9-15-25-44)40-75-58(70)51(34-42(3)4)64-60(72)77-38-46-28-18-11-19-29-46)56(69)63-50(37-45-26-16-10-17-27-45)41-76-59(71)52(35-43(5)6)65-61(73)78-39-47-30-20-12-21-31-47/h9-33,42-43,49-53,57H,7-8,34-41H2,1-6H3,(H,62,68)(H,63,69)(H,64,72)(H,65,73)(H,66,67)/t49-,50-,51-,52-,57?/m0/s1. The molecule has 20 heteroatoms. The summed E-state index contributed by atoms with van der Waals surface area (Å²) in [6.45, 7) is 8.95. The second-order valence-electron chi connectivity index (χ2n) is 20.0. The van der Waals surface area contributed by atoms with E-state index in [4.69, 9.17) is 28.0 Å². The van der Waals surface area contributed by atoms with E-state index >= 15 is 14.2 Å². The van der Waals surface area contributed by atoms with Crippen LogP contribution in [0.5, 0.6) is 0 Å². The normalized spacial score (nSPS) is 13.1. The van der Waals surface area contributed by atoms with Crippen LogP contribution in [0.25, 0.3) is 0 Å². The molecule has 81 heavy (non-hydrogen) atoms. The molecule has 0 bridgehead atoms. The lowest BCUT2D eigenvalue weighted by atomic mass is 10.0. The van der Waals surface area contributed by atoms with Gasteiger partial charge in [-0.05, 0) is 85.8 Å². The lowest BCUT2D eigenvalue weighted by molar-refractivity contribution is -0.148. The van der Waals surface area contributed by atoms with Gasteiger partial charge in [0.2, 0.25) is 11.8 Å². The molecule has 0 heterocycles. The van der Waals surface area contributed by atoms with E-state index in [9.17, 15) is 24.0 Å². The van der Waals surface area contributed by atoms with E-state index in [-0.39, 0.29) is 69.5 Å². The summed E-state index contributed by atoms with van der Waals surface area (Å²) < 4.78 is 49.4. The van der Waals surface area contributed by atoms with E-state index in [1.807, 2.05) is 39.8 Å². The van der Waals surface area contributed by atoms with E-state index in [0.29, 0.717) is 11.1 Å². The van der Waals surface area contributed by atoms with Crippen molar-refractivity contribution in [1.29, 1.82) is 0 Å². The van der Waals surface area contributed by atoms with Crippen molar-refractivity contribution in [1.82, 2.24) is 26.6 Å². The van der Waals surface area contributed by atoms with Crippen LogP contribution in [-0.2, 0) is 77.8 Å². The largest absolute Gasteiger partial charge is 0.462 e. The third-order valence-electron chi connectivity index (χ3n) is 12.3. The maximum Gasteiger partial charge on any atom is 0.408 e. The Morgan fingerprint density at radius 1 is 0.444 bits per heavy atom. The third-order valence-corrected chi connectivity index (χ3v) is 14.7. The van der Waals surface area contributed by atoms with Crippen molar-refractivity contribution in [3.63, 3.8) is 0 Å². The van der Waals surface area contributed by atoms with Crippen LogP contribution in [0.1, 0.15) is 87.0 Å².